The van der Waals surface area contributed by atoms with Crippen molar-refractivity contribution in [3.05, 3.63) is 146 Å². The zero-order valence-electron chi connectivity index (χ0n) is 22.3. The molecule has 0 saturated carbocycles. The van der Waals surface area contributed by atoms with Crippen LogP contribution in [-0.2, 0) is 0 Å². The maximum Gasteiger partial charge on any atom is 0.136 e. The van der Waals surface area contributed by atoms with Gasteiger partial charge in [0.05, 0.1) is 0 Å². The first-order valence-electron chi connectivity index (χ1n) is 14.1. The molecule has 41 heavy (non-hydrogen) atoms. The van der Waals surface area contributed by atoms with Gasteiger partial charge in [-0.2, -0.15) is 0 Å². The molecule has 1 heteroatoms. The Hall–Kier alpha value is -5.40. The fourth-order valence-electron chi connectivity index (χ4n) is 6.79. The van der Waals surface area contributed by atoms with Gasteiger partial charge in [-0.05, 0) is 89.6 Å². The molecule has 0 atom stereocenters. The van der Waals surface area contributed by atoms with E-state index in [-0.39, 0.29) is 0 Å². The molecule has 0 radical (unpaired) electrons. The highest BCUT2D eigenvalue weighted by atomic mass is 16.3. The van der Waals surface area contributed by atoms with Crippen LogP contribution in [0.4, 0.5) is 0 Å². The Labute approximate surface area is 236 Å². The lowest BCUT2D eigenvalue weighted by Crippen LogP contribution is -1.91. The highest BCUT2D eigenvalue weighted by Crippen LogP contribution is 2.46. The van der Waals surface area contributed by atoms with Crippen LogP contribution in [0, 0.1) is 0 Å². The summed E-state index contributed by atoms with van der Waals surface area (Å²) in [5, 5.41) is 12.3. The Morgan fingerprint density at radius 2 is 0.927 bits per heavy atom. The molecule has 0 aliphatic heterocycles. The fourth-order valence-corrected chi connectivity index (χ4v) is 6.79. The van der Waals surface area contributed by atoms with E-state index in [0.717, 1.165) is 21.9 Å². The van der Waals surface area contributed by atoms with Crippen molar-refractivity contribution in [2.45, 2.75) is 0 Å². The molecule has 8 aromatic carbocycles. The topological polar surface area (TPSA) is 13.1 Å². The molecule has 0 N–H and O–H groups in total. The zero-order valence-corrected chi connectivity index (χ0v) is 22.3. The molecule has 9 aromatic rings. The van der Waals surface area contributed by atoms with Gasteiger partial charge in [0.2, 0.25) is 0 Å². The third-order valence-electron chi connectivity index (χ3n) is 8.62. The minimum Gasteiger partial charge on any atom is -0.456 e. The zero-order chi connectivity index (χ0) is 26.9. The predicted octanol–water partition coefficient (Wildman–Crippen LogP) is 11.5. The average Bonchev–Trinajstić information content (AvgIpc) is 3.39. The van der Waals surface area contributed by atoms with Crippen molar-refractivity contribution in [2.24, 2.45) is 0 Å². The minimum atomic E-state index is 0.924. The largest absolute Gasteiger partial charge is 0.456 e. The van der Waals surface area contributed by atoms with Gasteiger partial charge in [-0.25, -0.2) is 0 Å². The van der Waals surface area contributed by atoms with Gasteiger partial charge < -0.3 is 4.42 Å². The van der Waals surface area contributed by atoms with Gasteiger partial charge >= 0.3 is 0 Å². The first-order chi connectivity index (χ1) is 20.3. The van der Waals surface area contributed by atoms with Crippen LogP contribution in [0.1, 0.15) is 0 Å². The molecule has 0 bridgehead atoms. The van der Waals surface area contributed by atoms with Crippen LogP contribution < -0.4 is 0 Å². The van der Waals surface area contributed by atoms with E-state index in [2.05, 4.69) is 133 Å². The van der Waals surface area contributed by atoms with Crippen LogP contribution in [0.15, 0.2) is 150 Å². The standard InChI is InChI=1S/C40H24O/c1-2-11-26-22-28(21-20-25(26)10-1)39-30-14-3-5-16-32(30)40(33-17-6-4-15-31(33)39)34-18-9-12-27-23-36-29-13-7-8-19-37(29)41-38(36)24-35(27)34/h1-24H. The van der Waals surface area contributed by atoms with E-state index in [0.29, 0.717) is 0 Å². The number of fused-ring (bicyclic) bond motifs is 7. The van der Waals surface area contributed by atoms with Gasteiger partial charge in [0.25, 0.3) is 0 Å². The van der Waals surface area contributed by atoms with Crippen molar-refractivity contribution >= 4 is 65.0 Å². The van der Waals surface area contributed by atoms with Crippen molar-refractivity contribution in [3.63, 3.8) is 0 Å². The van der Waals surface area contributed by atoms with E-state index in [4.69, 9.17) is 4.42 Å². The molecular formula is C40H24O. The van der Waals surface area contributed by atoms with E-state index in [1.807, 2.05) is 12.1 Å². The summed E-state index contributed by atoms with van der Waals surface area (Å²) in [6.07, 6.45) is 0. The number of hydrogen-bond donors (Lipinski definition) is 0. The van der Waals surface area contributed by atoms with Crippen LogP contribution in [-0.4, -0.2) is 0 Å². The first-order valence-corrected chi connectivity index (χ1v) is 14.1. The molecule has 1 heterocycles. The third kappa shape index (κ3) is 3.30. The molecule has 0 aliphatic rings. The molecule has 0 amide bonds. The Morgan fingerprint density at radius 3 is 1.68 bits per heavy atom. The predicted molar refractivity (Wildman–Crippen MR) is 175 cm³/mol. The van der Waals surface area contributed by atoms with Gasteiger partial charge in [-0.15, -0.1) is 0 Å². The van der Waals surface area contributed by atoms with E-state index >= 15 is 0 Å². The van der Waals surface area contributed by atoms with E-state index in [1.165, 1.54) is 65.3 Å². The number of hydrogen-bond acceptors (Lipinski definition) is 1. The highest BCUT2D eigenvalue weighted by molar-refractivity contribution is 6.24. The Morgan fingerprint density at radius 1 is 0.317 bits per heavy atom. The molecule has 0 aliphatic carbocycles. The van der Waals surface area contributed by atoms with E-state index in [1.54, 1.807) is 0 Å². The lowest BCUT2D eigenvalue weighted by atomic mass is 9.84. The number of benzene rings is 8. The second-order valence-electron chi connectivity index (χ2n) is 10.9. The van der Waals surface area contributed by atoms with Gasteiger partial charge in [0, 0.05) is 10.8 Å². The summed E-state index contributed by atoms with van der Waals surface area (Å²) >= 11 is 0. The SMILES string of the molecule is c1ccc2cc(-c3c4ccccc4c(-c4cccc5cc6c(cc45)oc4ccccc46)c4ccccc34)ccc2c1. The Bertz CT molecular complexity index is 2420. The molecule has 190 valence electrons. The van der Waals surface area contributed by atoms with Crippen LogP contribution >= 0.6 is 0 Å². The van der Waals surface area contributed by atoms with Crippen molar-refractivity contribution in [1.82, 2.24) is 0 Å². The van der Waals surface area contributed by atoms with Crippen LogP contribution in [0.3, 0.4) is 0 Å². The van der Waals surface area contributed by atoms with Crippen molar-refractivity contribution < 1.29 is 4.42 Å². The summed E-state index contributed by atoms with van der Waals surface area (Å²) in [5.74, 6) is 0. The first kappa shape index (κ1) is 22.4. The maximum atomic E-state index is 6.34. The van der Waals surface area contributed by atoms with E-state index in [9.17, 15) is 0 Å². The van der Waals surface area contributed by atoms with E-state index < -0.39 is 0 Å². The van der Waals surface area contributed by atoms with Crippen LogP contribution in [0.5, 0.6) is 0 Å². The summed E-state index contributed by atoms with van der Waals surface area (Å²) in [5.41, 5.74) is 6.86. The van der Waals surface area contributed by atoms with Crippen molar-refractivity contribution in [1.29, 1.82) is 0 Å². The van der Waals surface area contributed by atoms with Crippen LogP contribution in [0.2, 0.25) is 0 Å². The Kier molecular flexibility index (Phi) is 4.67. The number of rotatable bonds is 2. The molecular weight excluding hydrogens is 496 g/mol. The maximum absolute atomic E-state index is 6.34. The monoisotopic (exact) mass is 520 g/mol. The summed E-state index contributed by atoms with van der Waals surface area (Å²) < 4.78 is 6.34. The number of para-hydroxylation sites is 1. The van der Waals surface area contributed by atoms with Gasteiger partial charge in [0.15, 0.2) is 0 Å². The quantitative estimate of drug-likeness (QED) is 0.207. The number of furan rings is 1. The average molecular weight is 521 g/mol. The van der Waals surface area contributed by atoms with Gasteiger partial charge in [-0.1, -0.05) is 121 Å². The normalized spacial score (nSPS) is 11.9. The lowest BCUT2D eigenvalue weighted by molar-refractivity contribution is 0.669. The van der Waals surface area contributed by atoms with Gasteiger partial charge in [0.1, 0.15) is 11.2 Å². The van der Waals surface area contributed by atoms with Crippen LogP contribution in [0.25, 0.3) is 87.3 Å². The van der Waals surface area contributed by atoms with Crippen molar-refractivity contribution in [2.75, 3.05) is 0 Å². The molecule has 0 unspecified atom stereocenters. The molecule has 9 rings (SSSR count). The van der Waals surface area contributed by atoms with Gasteiger partial charge in [-0.3, -0.25) is 0 Å². The summed E-state index contributed by atoms with van der Waals surface area (Å²) in [6, 6.07) is 52.7. The lowest BCUT2D eigenvalue weighted by Gasteiger charge is -2.19. The summed E-state index contributed by atoms with van der Waals surface area (Å²) in [7, 11) is 0. The summed E-state index contributed by atoms with van der Waals surface area (Å²) in [6.45, 7) is 0. The minimum absolute atomic E-state index is 0.924. The Balaban J connectivity index is 1.40. The molecule has 1 aromatic heterocycles. The second kappa shape index (κ2) is 8.55. The molecule has 0 fully saturated rings. The second-order valence-corrected chi connectivity index (χ2v) is 10.9. The smallest absolute Gasteiger partial charge is 0.136 e. The summed E-state index contributed by atoms with van der Waals surface area (Å²) in [4.78, 5) is 0. The highest BCUT2D eigenvalue weighted by Gasteiger charge is 2.19. The molecule has 0 saturated heterocycles. The fraction of sp³-hybridized carbons (Fsp3) is 0. The third-order valence-corrected chi connectivity index (χ3v) is 8.62. The molecule has 0 spiro atoms. The van der Waals surface area contributed by atoms with Crippen molar-refractivity contribution in [3.8, 4) is 22.3 Å². The molecule has 1 nitrogen and oxygen atoms in total.